The second kappa shape index (κ2) is 8.51. The van der Waals surface area contributed by atoms with Crippen LogP contribution in [0.15, 0.2) is 18.2 Å². The third kappa shape index (κ3) is 5.27. The Hall–Kier alpha value is -1.10. The number of aryl methyl sites for hydroxylation is 1. The van der Waals surface area contributed by atoms with Crippen LogP contribution < -0.4 is 10.1 Å². The molecule has 2 rings (SSSR count). The van der Waals surface area contributed by atoms with E-state index in [1.165, 1.54) is 11.1 Å². The van der Waals surface area contributed by atoms with Gasteiger partial charge in [-0.2, -0.15) is 0 Å². The molecule has 2 atom stereocenters. The summed E-state index contributed by atoms with van der Waals surface area (Å²) in [6.07, 6.45) is 2.74. The summed E-state index contributed by atoms with van der Waals surface area (Å²) in [4.78, 5) is 0. The Labute approximate surface area is 133 Å². The van der Waals surface area contributed by atoms with Crippen molar-refractivity contribution in [3.8, 4) is 5.75 Å². The number of hydrogen-bond acceptors (Lipinski definition) is 4. The highest BCUT2D eigenvalue weighted by Gasteiger charge is 2.19. The van der Waals surface area contributed by atoms with Crippen molar-refractivity contribution in [3.05, 3.63) is 29.3 Å². The van der Waals surface area contributed by atoms with Crippen LogP contribution in [0.25, 0.3) is 0 Å². The van der Waals surface area contributed by atoms with E-state index in [0.717, 1.165) is 25.0 Å². The van der Waals surface area contributed by atoms with Gasteiger partial charge in [-0.15, -0.1) is 0 Å². The summed E-state index contributed by atoms with van der Waals surface area (Å²) in [5, 5.41) is 13.4. The summed E-state index contributed by atoms with van der Waals surface area (Å²) < 4.78 is 10.8. The van der Waals surface area contributed by atoms with Crippen molar-refractivity contribution >= 4 is 0 Å². The smallest absolute Gasteiger partial charge is 0.119 e. The van der Waals surface area contributed by atoms with Gasteiger partial charge in [0.2, 0.25) is 0 Å². The number of ether oxygens (including phenoxy) is 2. The SMILES string of the molecule is COc1ccc2c(c1)CC(NCC(O)COCC(C)C)CC2. The summed E-state index contributed by atoms with van der Waals surface area (Å²) in [6, 6.07) is 6.74. The topological polar surface area (TPSA) is 50.7 Å². The number of aliphatic hydroxyl groups excluding tert-OH is 1. The molecule has 0 heterocycles. The molecule has 0 spiro atoms. The van der Waals surface area contributed by atoms with E-state index in [2.05, 4.69) is 31.3 Å². The molecule has 0 aliphatic heterocycles. The first kappa shape index (κ1) is 17.3. The Morgan fingerprint density at radius 3 is 2.82 bits per heavy atom. The fourth-order valence-corrected chi connectivity index (χ4v) is 2.84. The molecule has 0 aromatic heterocycles. The maximum atomic E-state index is 9.96. The number of nitrogens with one attached hydrogen (secondary N) is 1. The van der Waals surface area contributed by atoms with Gasteiger partial charge in [-0.25, -0.2) is 0 Å². The summed E-state index contributed by atoms with van der Waals surface area (Å²) >= 11 is 0. The maximum Gasteiger partial charge on any atom is 0.119 e. The molecule has 4 nitrogen and oxygen atoms in total. The summed E-state index contributed by atoms with van der Waals surface area (Å²) in [5.74, 6) is 1.42. The minimum atomic E-state index is -0.439. The van der Waals surface area contributed by atoms with Crippen LogP contribution in [0.5, 0.6) is 5.75 Å². The fourth-order valence-electron chi connectivity index (χ4n) is 2.84. The van der Waals surface area contributed by atoms with Crippen LogP contribution in [0, 0.1) is 5.92 Å². The van der Waals surface area contributed by atoms with Crippen LogP contribution in [0.2, 0.25) is 0 Å². The van der Waals surface area contributed by atoms with Crippen molar-refractivity contribution < 1.29 is 14.6 Å². The van der Waals surface area contributed by atoms with Crippen LogP contribution in [-0.4, -0.2) is 44.1 Å². The molecule has 1 aliphatic rings. The monoisotopic (exact) mass is 307 g/mol. The van der Waals surface area contributed by atoms with Crippen molar-refractivity contribution in [2.24, 2.45) is 5.92 Å². The van der Waals surface area contributed by atoms with Crippen molar-refractivity contribution in [1.29, 1.82) is 0 Å². The lowest BCUT2D eigenvalue weighted by molar-refractivity contribution is 0.0248. The van der Waals surface area contributed by atoms with E-state index in [0.29, 0.717) is 31.7 Å². The Balaban J connectivity index is 1.75. The van der Waals surface area contributed by atoms with Gasteiger partial charge in [0.25, 0.3) is 0 Å². The molecule has 1 aromatic carbocycles. The molecular formula is C18H29NO3. The van der Waals surface area contributed by atoms with Gasteiger partial charge in [-0.1, -0.05) is 19.9 Å². The number of methoxy groups -OCH3 is 1. The highest BCUT2D eigenvalue weighted by atomic mass is 16.5. The summed E-state index contributed by atoms with van der Waals surface area (Å²) in [5.41, 5.74) is 2.77. The number of rotatable bonds is 8. The standard InChI is InChI=1S/C18H29NO3/c1-13(2)11-22-12-17(20)10-19-16-6-4-14-5-7-18(21-3)9-15(14)8-16/h5,7,9,13,16-17,19-20H,4,6,8,10-12H2,1-3H3. The van der Waals surface area contributed by atoms with Crippen molar-refractivity contribution in [2.75, 3.05) is 26.9 Å². The minimum absolute atomic E-state index is 0.405. The average molecular weight is 307 g/mol. The lowest BCUT2D eigenvalue weighted by atomic mass is 9.88. The largest absolute Gasteiger partial charge is 0.497 e. The van der Waals surface area contributed by atoms with E-state index in [9.17, 15) is 5.11 Å². The quantitative estimate of drug-likeness (QED) is 0.773. The second-order valence-corrected chi connectivity index (χ2v) is 6.57. The van der Waals surface area contributed by atoms with E-state index < -0.39 is 6.10 Å². The molecule has 1 aliphatic carbocycles. The van der Waals surface area contributed by atoms with Gasteiger partial charge in [0, 0.05) is 19.2 Å². The van der Waals surface area contributed by atoms with Crippen molar-refractivity contribution in [3.63, 3.8) is 0 Å². The van der Waals surface area contributed by atoms with E-state index in [1.54, 1.807) is 7.11 Å². The van der Waals surface area contributed by atoms with Gasteiger partial charge in [0.05, 0.1) is 19.8 Å². The molecule has 0 saturated carbocycles. The molecular weight excluding hydrogens is 278 g/mol. The third-order valence-electron chi connectivity index (χ3n) is 4.05. The Morgan fingerprint density at radius 1 is 1.27 bits per heavy atom. The van der Waals surface area contributed by atoms with E-state index in [-0.39, 0.29) is 0 Å². The zero-order valence-electron chi connectivity index (χ0n) is 14.0. The maximum absolute atomic E-state index is 9.96. The first-order chi connectivity index (χ1) is 10.6. The number of fused-ring (bicyclic) bond motifs is 1. The second-order valence-electron chi connectivity index (χ2n) is 6.57. The van der Waals surface area contributed by atoms with Gasteiger partial charge in [0.1, 0.15) is 5.75 Å². The van der Waals surface area contributed by atoms with Crippen LogP contribution in [0.1, 0.15) is 31.4 Å². The predicted molar refractivity (Wildman–Crippen MR) is 88.5 cm³/mol. The predicted octanol–water partition coefficient (Wildman–Crippen LogP) is 2.18. The van der Waals surface area contributed by atoms with E-state index in [1.807, 2.05) is 6.07 Å². The van der Waals surface area contributed by atoms with E-state index in [4.69, 9.17) is 9.47 Å². The highest BCUT2D eigenvalue weighted by Crippen LogP contribution is 2.25. The van der Waals surface area contributed by atoms with E-state index >= 15 is 0 Å². The zero-order valence-corrected chi connectivity index (χ0v) is 14.0. The van der Waals surface area contributed by atoms with Gasteiger partial charge >= 0.3 is 0 Å². The van der Waals surface area contributed by atoms with Crippen LogP contribution in [0.4, 0.5) is 0 Å². The Morgan fingerprint density at radius 2 is 2.09 bits per heavy atom. The first-order valence-electron chi connectivity index (χ1n) is 8.23. The third-order valence-corrected chi connectivity index (χ3v) is 4.05. The molecule has 0 radical (unpaired) electrons. The number of benzene rings is 1. The normalized spacial score (nSPS) is 19.0. The first-order valence-corrected chi connectivity index (χ1v) is 8.23. The molecule has 4 heteroatoms. The Kier molecular flexibility index (Phi) is 6.68. The molecule has 22 heavy (non-hydrogen) atoms. The van der Waals surface area contributed by atoms with Gasteiger partial charge < -0.3 is 19.9 Å². The van der Waals surface area contributed by atoms with Gasteiger partial charge in [0.15, 0.2) is 0 Å². The molecule has 124 valence electrons. The lowest BCUT2D eigenvalue weighted by Gasteiger charge is -2.27. The molecule has 2 N–H and O–H groups in total. The molecule has 0 bridgehead atoms. The lowest BCUT2D eigenvalue weighted by Crippen LogP contribution is -2.40. The highest BCUT2D eigenvalue weighted by molar-refractivity contribution is 5.37. The minimum Gasteiger partial charge on any atom is -0.497 e. The van der Waals surface area contributed by atoms with Crippen LogP contribution in [-0.2, 0) is 17.6 Å². The van der Waals surface area contributed by atoms with Crippen LogP contribution >= 0.6 is 0 Å². The molecule has 1 aromatic rings. The molecule has 0 fully saturated rings. The van der Waals surface area contributed by atoms with Gasteiger partial charge in [-0.05, 0) is 48.4 Å². The van der Waals surface area contributed by atoms with Crippen LogP contribution in [0.3, 0.4) is 0 Å². The van der Waals surface area contributed by atoms with Crippen molar-refractivity contribution in [2.45, 2.75) is 45.3 Å². The molecule has 0 amide bonds. The number of aliphatic hydroxyl groups is 1. The van der Waals surface area contributed by atoms with Crippen molar-refractivity contribution in [1.82, 2.24) is 5.32 Å². The zero-order chi connectivity index (χ0) is 15.9. The number of hydrogen-bond donors (Lipinski definition) is 2. The Bertz CT molecular complexity index is 462. The van der Waals surface area contributed by atoms with Gasteiger partial charge in [-0.3, -0.25) is 0 Å². The molecule has 2 unspecified atom stereocenters. The summed E-state index contributed by atoms with van der Waals surface area (Å²) in [7, 11) is 1.70. The average Bonchev–Trinajstić information content (AvgIpc) is 2.51. The fraction of sp³-hybridized carbons (Fsp3) is 0.667. The molecule has 0 saturated heterocycles. The summed E-state index contributed by atoms with van der Waals surface area (Å²) in [6.45, 7) is 5.91.